The maximum absolute atomic E-state index is 12.4. The molecule has 1 aromatic carbocycles. The first-order valence-corrected chi connectivity index (χ1v) is 10.2. The molecule has 0 aliphatic rings. The zero-order valence-electron chi connectivity index (χ0n) is 13.4. The maximum atomic E-state index is 12.4. The van der Waals surface area contributed by atoms with Gasteiger partial charge in [0.15, 0.2) is 0 Å². The minimum atomic E-state index is -3.83. The normalized spacial score (nSPS) is 12.0. The maximum Gasteiger partial charge on any atom is 0.263 e. The fourth-order valence-electron chi connectivity index (χ4n) is 1.92. The van der Waals surface area contributed by atoms with Gasteiger partial charge in [-0.1, -0.05) is 0 Å². The Morgan fingerprint density at radius 2 is 1.58 bits per heavy atom. The van der Waals surface area contributed by atoms with E-state index in [9.17, 15) is 16.8 Å². The fourth-order valence-corrected chi connectivity index (χ4v) is 3.55. The first-order chi connectivity index (χ1) is 11.1. The predicted molar refractivity (Wildman–Crippen MR) is 91.8 cm³/mol. The van der Waals surface area contributed by atoms with E-state index >= 15 is 0 Å². The van der Waals surface area contributed by atoms with Crippen LogP contribution < -0.4 is 9.44 Å². The van der Waals surface area contributed by atoms with Crippen molar-refractivity contribution in [2.75, 3.05) is 15.2 Å². The molecular weight excluding hydrogens is 352 g/mol. The highest BCUT2D eigenvalue weighted by atomic mass is 32.2. The summed E-state index contributed by atoms with van der Waals surface area (Å²) in [5.41, 5.74) is 0.939. The monoisotopic (exact) mass is 370 g/mol. The molecule has 2 rings (SSSR count). The summed E-state index contributed by atoms with van der Waals surface area (Å²) in [6.45, 7) is 4.91. The SMILES string of the molecule is CCS(=O)(=O)Nc1ccc(S(=O)(=O)Nc2cc(C)nc(C)n2)cc1. The molecule has 0 saturated carbocycles. The van der Waals surface area contributed by atoms with Crippen molar-refractivity contribution in [2.45, 2.75) is 25.7 Å². The third kappa shape index (κ3) is 4.65. The largest absolute Gasteiger partial charge is 0.284 e. The summed E-state index contributed by atoms with van der Waals surface area (Å²) in [6, 6.07) is 6.93. The number of sulfonamides is 2. The van der Waals surface area contributed by atoms with Crippen molar-refractivity contribution in [1.29, 1.82) is 0 Å². The van der Waals surface area contributed by atoms with Crippen LogP contribution in [0.25, 0.3) is 0 Å². The molecule has 2 aromatic rings. The Morgan fingerprint density at radius 1 is 0.958 bits per heavy atom. The number of rotatable bonds is 6. The number of benzene rings is 1. The first kappa shape index (κ1) is 18.1. The third-order valence-corrected chi connectivity index (χ3v) is 5.70. The van der Waals surface area contributed by atoms with Crippen molar-refractivity contribution in [3.8, 4) is 0 Å². The molecule has 0 amide bonds. The lowest BCUT2D eigenvalue weighted by Crippen LogP contribution is -2.16. The van der Waals surface area contributed by atoms with E-state index in [-0.39, 0.29) is 16.5 Å². The van der Waals surface area contributed by atoms with E-state index in [4.69, 9.17) is 0 Å². The molecule has 8 nitrogen and oxygen atoms in total. The van der Waals surface area contributed by atoms with Gasteiger partial charge in [0, 0.05) is 17.4 Å². The minimum Gasteiger partial charge on any atom is -0.284 e. The van der Waals surface area contributed by atoms with E-state index in [1.807, 2.05) is 0 Å². The van der Waals surface area contributed by atoms with Gasteiger partial charge < -0.3 is 0 Å². The summed E-state index contributed by atoms with van der Waals surface area (Å²) in [4.78, 5) is 8.10. The summed E-state index contributed by atoms with van der Waals surface area (Å²) in [7, 11) is -7.24. The molecule has 0 spiro atoms. The number of hydrogen-bond acceptors (Lipinski definition) is 6. The van der Waals surface area contributed by atoms with Crippen LogP contribution in [0, 0.1) is 13.8 Å². The molecular formula is C14H18N4O4S2. The molecule has 10 heteroatoms. The highest BCUT2D eigenvalue weighted by Gasteiger charge is 2.16. The van der Waals surface area contributed by atoms with Crippen molar-refractivity contribution in [1.82, 2.24) is 9.97 Å². The molecule has 0 unspecified atom stereocenters. The second-order valence-corrected chi connectivity index (χ2v) is 8.77. The van der Waals surface area contributed by atoms with Crippen LogP contribution in [0.2, 0.25) is 0 Å². The van der Waals surface area contributed by atoms with Crippen LogP contribution in [0.4, 0.5) is 11.5 Å². The van der Waals surface area contributed by atoms with Crippen LogP contribution in [0.15, 0.2) is 35.2 Å². The molecule has 0 aliphatic carbocycles. The highest BCUT2D eigenvalue weighted by Crippen LogP contribution is 2.18. The van der Waals surface area contributed by atoms with Gasteiger partial charge >= 0.3 is 0 Å². The second kappa shape index (κ2) is 6.73. The second-order valence-electron chi connectivity index (χ2n) is 5.08. The molecule has 0 aliphatic heterocycles. The number of aryl methyl sites for hydroxylation is 2. The predicted octanol–water partition coefficient (Wildman–Crippen LogP) is 1.66. The minimum absolute atomic E-state index is 0.00383. The van der Waals surface area contributed by atoms with Crippen molar-refractivity contribution in [3.05, 3.63) is 41.9 Å². The van der Waals surface area contributed by atoms with E-state index in [0.29, 0.717) is 17.2 Å². The summed E-state index contributed by atoms with van der Waals surface area (Å²) in [5.74, 6) is 0.564. The summed E-state index contributed by atoms with van der Waals surface area (Å²) in [6.07, 6.45) is 0. The molecule has 0 radical (unpaired) electrons. The van der Waals surface area contributed by atoms with Gasteiger partial charge in [0.2, 0.25) is 10.0 Å². The van der Waals surface area contributed by atoms with Gasteiger partial charge in [0.25, 0.3) is 10.0 Å². The van der Waals surface area contributed by atoms with Crippen molar-refractivity contribution < 1.29 is 16.8 Å². The Labute approximate surface area is 141 Å². The quantitative estimate of drug-likeness (QED) is 0.798. The van der Waals surface area contributed by atoms with Gasteiger partial charge in [-0.2, -0.15) is 0 Å². The van der Waals surface area contributed by atoms with Gasteiger partial charge in [0.1, 0.15) is 11.6 Å². The topological polar surface area (TPSA) is 118 Å². The van der Waals surface area contributed by atoms with Crippen LogP contribution in [-0.2, 0) is 20.0 Å². The van der Waals surface area contributed by atoms with E-state index in [1.54, 1.807) is 13.8 Å². The summed E-state index contributed by atoms with van der Waals surface area (Å²) >= 11 is 0. The van der Waals surface area contributed by atoms with Crippen LogP contribution in [0.3, 0.4) is 0 Å². The number of hydrogen-bond donors (Lipinski definition) is 2. The highest BCUT2D eigenvalue weighted by molar-refractivity contribution is 7.93. The molecule has 2 N–H and O–H groups in total. The lowest BCUT2D eigenvalue weighted by Gasteiger charge is -2.10. The number of nitrogens with one attached hydrogen (secondary N) is 2. The third-order valence-electron chi connectivity index (χ3n) is 3.02. The van der Waals surface area contributed by atoms with Gasteiger partial charge in [0.05, 0.1) is 10.6 Å². The first-order valence-electron chi connectivity index (χ1n) is 7.07. The van der Waals surface area contributed by atoms with E-state index in [1.165, 1.54) is 37.3 Å². The van der Waals surface area contributed by atoms with Gasteiger partial charge in [-0.15, -0.1) is 0 Å². The fraction of sp³-hybridized carbons (Fsp3) is 0.286. The lowest BCUT2D eigenvalue weighted by atomic mass is 10.3. The Kier molecular flexibility index (Phi) is 5.09. The number of anilines is 2. The van der Waals surface area contributed by atoms with E-state index in [0.717, 1.165) is 0 Å². The molecule has 24 heavy (non-hydrogen) atoms. The average molecular weight is 370 g/mol. The molecule has 0 fully saturated rings. The van der Waals surface area contributed by atoms with Gasteiger partial charge in [-0.3, -0.25) is 9.44 Å². The zero-order chi connectivity index (χ0) is 18.0. The van der Waals surface area contributed by atoms with Crippen LogP contribution in [0.1, 0.15) is 18.4 Å². The number of nitrogens with zero attached hydrogens (tertiary/aromatic N) is 2. The Balaban J connectivity index is 2.23. The van der Waals surface area contributed by atoms with Gasteiger partial charge in [-0.05, 0) is 45.0 Å². The molecule has 0 bridgehead atoms. The molecule has 130 valence electrons. The van der Waals surface area contributed by atoms with Gasteiger partial charge in [-0.25, -0.2) is 26.8 Å². The Hall–Kier alpha value is -2.20. The molecule has 1 aromatic heterocycles. The summed E-state index contributed by atoms with van der Waals surface area (Å²) < 4.78 is 52.5. The van der Waals surface area contributed by atoms with Crippen LogP contribution in [0.5, 0.6) is 0 Å². The molecule has 0 saturated heterocycles. The average Bonchev–Trinajstić information content (AvgIpc) is 2.45. The van der Waals surface area contributed by atoms with Crippen molar-refractivity contribution in [2.24, 2.45) is 0 Å². The molecule has 0 atom stereocenters. The Morgan fingerprint density at radius 3 is 2.12 bits per heavy atom. The van der Waals surface area contributed by atoms with E-state index in [2.05, 4.69) is 19.4 Å². The lowest BCUT2D eigenvalue weighted by molar-refractivity contribution is 0.600. The number of aromatic nitrogens is 2. The van der Waals surface area contributed by atoms with Crippen LogP contribution >= 0.6 is 0 Å². The smallest absolute Gasteiger partial charge is 0.263 e. The van der Waals surface area contributed by atoms with Crippen molar-refractivity contribution in [3.63, 3.8) is 0 Å². The molecule has 1 heterocycles. The standard InChI is InChI=1S/C14H18N4O4S2/c1-4-23(19,20)17-12-5-7-13(8-6-12)24(21,22)18-14-9-10(2)15-11(3)16-14/h5-9,17H,4H2,1-3H3,(H,15,16,18). The zero-order valence-corrected chi connectivity index (χ0v) is 15.1. The van der Waals surface area contributed by atoms with E-state index < -0.39 is 20.0 Å². The van der Waals surface area contributed by atoms with Crippen LogP contribution in [-0.4, -0.2) is 32.6 Å². The van der Waals surface area contributed by atoms with Crippen molar-refractivity contribution >= 4 is 31.6 Å². The summed E-state index contributed by atoms with van der Waals surface area (Å²) in [5, 5.41) is 0. The Bertz CT molecular complexity index is 919.